The van der Waals surface area contributed by atoms with Crippen molar-refractivity contribution in [2.24, 2.45) is 0 Å². The van der Waals surface area contributed by atoms with Crippen molar-refractivity contribution in [3.8, 4) is 18.2 Å². The lowest BCUT2D eigenvalue weighted by Crippen LogP contribution is -2.18. The highest BCUT2D eigenvalue weighted by molar-refractivity contribution is 5.49. The maximum absolute atomic E-state index is 5.47. The van der Waals surface area contributed by atoms with Crippen LogP contribution in [0.4, 0.5) is 5.82 Å². The summed E-state index contributed by atoms with van der Waals surface area (Å²) >= 11 is 0. The van der Waals surface area contributed by atoms with Crippen LogP contribution in [0.15, 0.2) is 6.33 Å². The average Bonchev–Trinajstić information content (AvgIpc) is 2.33. The SMILES string of the molecule is C#CC(CCC)Nc1ncnc(OCC)c1C. The van der Waals surface area contributed by atoms with Gasteiger partial charge in [0.05, 0.1) is 18.2 Å². The number of hydrogen-bond acceptors (Lipinski definition) is 4. The zero-order valence-corrected chi connectivity index (χ0v) is 10.7. The van der Waals surface area contributed by atoms with E-state index in [4.69, 9.17) is 11.2 Å². The molecule has 0 bridgehead atoms. The summed E-state index contributed by atoms with van der Waals surface area (Å²) in [6, 6.07) is 0.00285. The molecule has 1 heterocycles. The van der Waals surface area contributed by atoms with Gasteiger partial charge in [0, 0.05) is 0 Å². The normalized spacial score (nSPS) is 11.6. The fourth-order valence-corrected chi connectivity index (χ4v) is 1.51. The molecule has 0 aliphatic heterocycles. The third kappa shape index (κ3) is 3.63. The molecule has 1 unspecified atom stereocenters. The van der Waals surface area contributed by atoms with Crippen molar-refractivity contribution in [1.29, 1.82) is 0 Å². The van der Waals surface area contributed by atoms with Gasteiger partial charge < -0.3 is 10.1 Å². The van der Waals surface area contributed by atoms with Gasteiger partial charge in [-0.25, -0.2) is 9.97 Å². The molecule has 1 aromatic rings. The molecule has 0 spiro atoms. The zero-order valence-electron chi connectivity index (χ0n) is 10.7. The van der Waals surface area contributed by atoms with E-state index in [1.54, 1.807) is 0 Å². The molecule has 92 valence electrons. The molecular formula is C13H19N3O. The lowest BCUT2D eigenvalue weighted by Gasteiger charge is -2.15. The van der Waals surface area contributed by atoms with Crippen molar-refractivity contribution in [1.82, 2.24) is 9.97 Å². The Labute approximate surface area is 103 Å². The number of ether oxygens (including phenoxy) is 1. The summed E-state index contributed by atoms with van der Waals surface area (Å²) in [5, 5.41) is 3.23. The van der Waals surface area contributed by atoms with E-state index in [0.717, 1.165) is 24.2 Å². The summed E-state index contributed by atoms with van der Waals surface area (Å²) < 4.78 is 5.41. The second kappa shape index (κ2) is 6.74. The van der Waals surface area contributed by atoms with Crippen LogP contribution in [0.25, 0.3) is 0 Å². The Morgan fingerprint density at radius 1 is 1.47 bits per heavy atom. The standard InChI is InChI=1S/C13H19N3O/c1-5-8-11(6-2)16-12-10(4)13(17-7-3)15-9-14-12/h2,9,11H,5,7-8H2,1,3-4H3,(H,14,15,16). The van der Waals surface area contributed by atoms with Gasteiger partial charge in [0.25, 0.3) is 0 Å². The topological polar surface area (TPSA) is 47.0 Å². The van der Waals surface area contributed by atoms with Crippen LogP contribution in [-0.2, 0) is 0 Å². The Hall–Kier alpha value is -1.76. The van der Waals surface area contributed by atoms with Gasteiger partial charge in [-0.05, 0) is 20.3 Å². The van der Waals surface area contributed by atoms with Crippen molar-refractivity contribution < 1.29 is 4.74 Å². The zero-order chi connectivity index (χ0) is 12.7. The highest BCUT2D eigenvalue weighted by Gasteiger charge is 2.10. The van der Waals surface area contributed by atoms with E-state index in [1.807, 2.05) is 13.8 Å². The van der Waals surface area contributed by atoms with Crippen LogP contribution in [0.1, 0.15) is 32.3 Å². The molecule has 0 fully saturated rings. The number of terminal acetylenes is 1. The minimum atomic E-state index is 0.00285. The maximum Gasteiger partial charge on any atom is 0.221 e. The van der Waals surface area contributed by atoms with E-state index in [-0.39, 0.29) is 6.04 Å². The molecule has 1 aromatic heterocycles. The minimum absolute atomic E-state index is 0.00285. The Morgan fingerprint density at radius 2 is 2.24 bits per heavy atom. The fraction of sp³-hybridized carbons (Fsp3) is 0.538. The quantitative estimate of drug-likeness (QED) is 0.766. The van der Waals surface area contributed by atoms with E-state index in [2.05, 4.69) is 28.1 Å². The number of aromatic nitrogens is 2. The summed E-state index contributed by atoms with van der Waals surface area (Å²) in [6.07, 6.45) is 8.90. The molecule has 4 heteroatoms. The summed E-state index contributed by atoms with van der Waals surface area (Å²) in [5.41, 5.74) is 0.894. The number of rotatable bonds is 6. The lowest BCUT2D eigenvalue weighted by molar-refractivity contribution is 0.324. The summed E-state index contributed by atoms with van der Waals surface area (Å²) in [5.74, 6) is 4.08. The molecule has 0 saturated heterocycles. The molecule has 1 atom stereocenters. The first-order valence-electron chi connectivity index (χ1n) is 5.89. The van der Waals surface area contributed by atoms with Gasteiger partial charge in [-0.1, -0.05) is 19.3 Å². The smallest absolute Gasteiger partial charge is 0.221 e. The van der Waals surface area contributed by atoms with Gasteiger partial charge >= 0.3 is 0 Å². The lowest BCUT2D eigenvalue weighted by atomic mass is 10.1. The summed E-state index contributed by atoms with van der Waals surface area (Å²) in [4.78, 5) is 8.28. The molecule has 0 saturated carbocycles. The van der Waals surface area contributed by atoms with Crippen molar-refractivity contribution >= 4 is 5.82 Å². The molecule has 0 radical (unpaired) electrons. The van der Waals surface area contributed by atoms with Gasteiger partial charge in [-0.3, -0.25) is 0 Å². The Kier molecular flexibility index (Phi) is 5.28. The van der Waals surface area contributed by atoms with Crippen molar-refractivity contribution in [3.63, 3.8) is 0 Å². The largest absolute Gasteiger partial charge is 0.478 e. The van der Waals surface area contributed by atoms with E-state index < -0.39 is 0 Å². The maximum atomic E-state index is 5.47. The van der Waals surface area contributed by atoms with Crippen molar-refractivity contribution in [3.05, 3.63) is 11.9 Å². The Balaban J connectivity index is 2.84. The predicted octanol–water partition coefficient (Wildman–Crippen LogP) is 2.40. The van der Waals surface area contributed by atoms with E-state index >= 15 is 0 Å². The second-order valence-corrected chi connectivity index (χ2v) is 3.74. The molecule has 0 aliphatic rings. The second-order valence-electron chi connectivity index (χ2n) is 3.74. The molecule has 17 heavy (non-hydrogen) atoms. The molecule has 1 N–H and O–H groups in total. The molecular weight excluding hydrogens is 214 g/mol. The third-order valence-electron chi connectivity index (χ3n) is 2.41. The third-order valence-corrected chi connectivity index (χ3v) is 2.41. The van der Waals surface area contributed by atoms with Crippen LogP contribution in [0, 0.1) is 19.3 Å². The van der Waals surface area contributed by atoms with Crippen LogP contribution in [0.3, 0.4) is 0 Å². The van der Waals surface area contributed by atoms with Crippen LogP contribution >= 0.6 is 0 Å². The van der Waals surface area contributed by atoms with Gasteiger partial charge in [0.15, 0.2) is 0 Å². The molecule has 0 aromatic carbocycles. The van der Waals surface area contributed by atoms with Gasteiger partial charge in [0.2, 0.25) is 5.88 Å². The molecule has 4 nitrogen and oxygen atoms in total. The van der Waals surface area contributed by atoms with E-state index in [1.165, 1.54) is 6.33 Å². The molecule has 0 aliphatic carbocycles. The van der Waals surface area contributed by atoms with Crippen molar-refractivity contribution in [2.75, 3.05) is 11.9 Å². The molecule has 0 amide bonds. The van der Waals surface area contributed by atoms with Gasteiger partial charge in [0.1, 0.15) is 12.1 Å². The van der Waals surface area contributed by atoms with Crippen LogP contribution in [-0.4, -0.2) is 22.6 Å². The summed E-state index contributed by atoms with van der Waals surface area (Å²) in [6.45, 7) is 6.54. The first kappa shape index (κ1) is 13.3. The minimum Gasteiger partial charge on any atom is -0.478 e. The van der Waals surface area contributed by atoms with E-state index in [0.29, 0.717) is 12.5 Å². The Bertz CT molecular complexity index is 398. The number of hydrogen-bond donors (Lipinski definition) is 1. The first-order chi connectivity index (χ1) is 8.22. The highest BCUT2D eigenvalue weighted by Crippen LogP contribution is 2.21. The number of anilines is 1. The highest BCUT2D eigenvalue weighted by atomic mass is 16.5. The van der Waals surface area contributed by atoms with Gasteiger partial charge in [-0.15, -0.1) is 6.42 Å². The fourth-order valence-electron chi connectivity index (χ4n) is 1.51. The Morgan fingerprint density at radius 3 is 2.82 bits per heavy atom. The van der Waals surface area contributed by atoms with Crippen LogP contribution in [0.2, 0.25) is 0 Å². The monoisotopic (exact) mass is 233 g/mol. The predicted molar refractivity (Wildman–Crippen MR) is 69.1 cm³/mol. The number of nitrogens with zero attached hydrogens (tertiary/aromatic N) is 2. The van der Waals surface area contributed by atoms with Crippen molar-refractivity contribution in [2.45, 2.75) is 39.7 Å². The van der Waals surface area contributed by atoms with Crippen LogP contribution < -0.4 is 10.1 Å². The number of nitrogens with one attached hydrogen (secondary N) is 1. The van der Waals surface area contributed by atoms with Gasteiger partial charge in [-0.2, -0.15) is 0 Å². The molecule has 1 rings (SSSR count). The van der Waals surface area contributed by atoms with Crippen LogP contribution in [0.5, 0.6) is 5.88 Å². The van der Waals surface area contributed by atoms with E-state index in [9.17, 15) is 0 Å². The first-order valence-corrected chi connectivity index (χ1v) is 5.89. The average molecular weight is 233 g/mol. The summed E-state index contributed by atoms with van der Waals surface area (Å²) in [7, 11) is 0.